The Labute approximate surface area is 88.5 Å². The summed E-state index contributed by atoms with van der Waals surface area (Å²) in [6.45, 7) is 14.3. The van der Waals surface area contributed by atoms with Crippen LogP contribution < -0.4 is 0 Å². The molecule has 2 atom stereocenters. The topological polar surface area (TPSA) is 3.24 Å². The minimum absolute atomic E-state index is 0.159. The van der Waals surface area contributed by atoms with E-state index in [1.54, 1.807) is 0 Å². The molecule has 0 aromatic rings. The van der Waals surface area contributed by atoms with E-state index in [1.807, 2.05) is 0 Å². The number of hydrogen-bond acceptors (Lipinski definition) is 1. The predicted molar refractivity (Wildman–Crippen MR) is 63.4 cm³/mol. The van der Waals surface area contributed by atoms with Crippen molar-refractivity contribution in [1.29, 1.82) is 0 Å². The van der Waals surface area contributed by atoms with Crippen LogP contribution in [0.2, 0.25) is 0 Å². The van der Waals surface area contributed by atoms with E-state index < -0.39 is 0 Å². The van der Waals surface area contributed by atoms with Gasteiger partial charge in [-0.25, -0.2) is 0 Å². The smallest absolute Gasteiger partial charge is 0.0485 e. The Balaban J connectivity index is 2.95. The summed E-state index contributed by atoms with van der Waals surface area (Å²) in [7, 11) is 2.19. The molecule has 1 rings (SSSR count). The Morgan fingerprint density at radius 3 is 2.14 bits per heavy atom. The van der Waals surface area contributed by atoms with E-state index in [1.165, 1.54) is 5.57 Å². The fourth-order valence-electron chi connectivity index (χ4n) is 2.27. The monoisotopic (exact) mass is 193 g/mol. The molecule has 1 aliphatic carbocycles. The molecule has 0 aliphatic heterocycles. The van der Waals surface area contributed by atoms with Gasteiger partial charge in [-0.1, -0.05) is 45.1 Å². The third kappa shape index (κ3) is 1.26. The minimum Gasteiger partial charge on any atom is -0.297 e. The minimum atomic E-state index is 0.159. The molecule has 0 radical (unpaired) electrons. The highest BCUT2D eigenvalue weighted by atomic mass is 15.2. The van der Waals surface area contributed by atoms with Crippen LogP contribution in [0.1, 0.15) is 34.1 Å². The SMILES string of the molecule is C=C(CC)C1(C)C=CC1(C)N(C)CC. The summed E-state index contributed by atoms with van der Waals surface area (Å²) in [4.78, 5) is 2.40. The Bertz CT molecular complexity index is 266. The first-order valence-corrected chi connectivity index (χ1v) is 5.52. The summed E-state index contributed by atoms with van der Waals surface area (Å²) >= 11 is 0. The Kier molecular flexibility index (Phi) is 2.91. The number of rotatable bonds is 4. The van der Waals surface area contributed by atoms with Gasteiger partial charge in [0.2, 0.25) is 0 Å². The second-order valence-electron chi connectivity index (χ2n) is 4.65. The Hall–Kier alpha value is -0.560. The number of nitrogens with zero attached hydrogens (tertiary/aromatic N) is 1. The molecule has 80 valence electrons. The second kappa shape index (κ2) is 3.54. The highest BCUT2D eigenvalue weighted by Crippen LogP contribution is 2.51. The third-order valence-electron chi connectivity index (χ3n) is 4.22. The fraction of sp³-hybridized carbons (Fsp3) is 0.692. The van der Waals surface area contributed by atoms with Crippen molar-refractivity contribution in [3.05, 3.63) is 24.3 Å². The van der Waals surface area contributed by atoms with Crippen LogP contribution in [-0.2, 0) is 0 Å². The third-order valence-corrected chi connectivity index (χ3v) is 4.22. The molecule has 0 saturated carbocycles. The second-order valence-corrected chi connectivity index (χ2v) is 4.65. The molecule has 0 N–H and O–H groups in total. The first-order chi connectivity index (χ1) is 6.42. The van der Waals surface area contributed by atoms with Gasteiger partial charge in [0, 0.05) is 11.0 Å². The first-order valence-electron chi connectivity index (χ1n) is 5.52. The lowest BCUT2D eigenvalue weighted by Gasteiger charge is -2.55. The van der Waals surface area contributed by atoms with Crippen molar-refractivity contribution < 1.29 is 0 Å². The normalized spacial score (nSPS) is 35.9. The van der Waals surface area contributed by atoms with Gasteiger partial charge in [-0.15, -0.1) is 0 Å². The molecule has 0 amide bonds. The fourth-order valence-corrected chi connectivity index (χ4v) is 2.27. The van der Waals surface area contributed by atoms with E-state index in [0.29, 0.717) is 0 Å². The number of likely N-dealkylation sites (N-methyl/N-ethyl adjacent to an activating group) is 1. The molecule has 0 saturated heterocycles. The van der Waals surface area contributed by atoms with Gasteiger partial charge in [0.15, 0.2) is 0 Å². The summed E-state index contributed by atoms with van der Waals surface area (Å²) in [6.07, 6.45) is 5.66. The van der Waals surface area contributed by atoms with Crippen LogP contribution >= 0.6 is 0 Å². The molecule has 1 nitrogen and oxygen atoms in total. The Morgan fingerprint density at radius 1 is 1.29 bits per heavy atom. The summed E-state index contributed by atoms with van der Waals surface area (Å²) in [5.41, 5.74) is 1.66. The lowest BCUT2D eigenvalue weighted by atomic mass is 9.58. The average Bonchev–Trinajstić information content (AvgIpc) is 2.22. The molecule has 14 heavy (non-hydrogen) atoms. The summed E-state index contributed by atoms with van der Waals surface area (Å²) in [5.74, 6) is 0. The first kappa shape index (κ1) is 11.5. The van der Waals surface area contributed by atoms with Gasteiger partial charge < -0.3 is 0 Å². The largest absolute Gasteiger partial charge is 0.297 e. The molecule has 2 unspecified atom stereocenters. The van der Waals surface area contributed by atoms with Gasteiger partial charge in [-0.05, 0) is 26.9 Å². The molecule has 1 heteroatoms. The van der Waals surface area contributed by atoms with Crippen LogP contribution in [0.15, 0.2) is 24.3 Å². The molecule has 0 aromatic heterocycles. The highest BCUT2D eigenvalue weighted by molar-refractivity contribution is 5.39. The van der Waals surface area contributed by atoms with E-state index in [0.717, 1.165) is 13.0 Å². The van der Waals surface area contributed by atoms with Gasteiger partial charge in [0.05, 0.1) is 0 Å². The highest BCUT2D eigenvalue weighted by Gasteiger charge is 2.50. The van der Waals surface area contributed by atoms with Crippen molar-refractivity contribution in [2.75, 3.05) is 13.6 Å². The molecule has 1 aliphatic rings. The van der Waals surface area contributed by atoms with Crippen molar-refractivity contribution in [2.24, 2.45) is 5.41 Å². The lowest BCUT2D eigenvalue weighted by molar-refractivity contribution is 0.0786. The van der Waals surface area contributed by atoms with E-state index in [-0.39, 0.29) is 11.0 Å². The van der Waals surface area contributed by atoms with Crippen molar-refractivity contribution in [3.63, 3.8) is 0 Å². The van der Waals surface area contributed by atoms with Gasteiger partial charge in [-0.3, -0.25) is 4.90 Å². The van der Waals surface area contributed by atoms with E-state index >= 15 is 0 Å². The van der Waals surface area contributed by atoms with Crippen LogP contribution in [-0.4, -0.2) is 24.0 Å². The van der Waals surface area contributed by atoms with Gasteiger partial charge in [0.1, 0.15) is 0 Å². The van der Waals surface area contributed by atoms with Crippen LogP contribution in [0.3, 0.4) is 0 Å². The number of hydrogen-bond donors (Lipinski definition) is 0. The zero-order valence-electron chi connectivity index (χ0n) is 10.2. The maximum Gasteiger partial charge on any atom is 0.0485 e. The van der Waals surface area contributed by atoms with Crippen LogP contribution in [0.25, 0.3) is 0 Å². The lowest BCUT2D eigenvalue weighted by Crippen LogP contribution is -2.59. The van der Waals surface area contributed by atoms with Gasteiger partial charge in [0.25, 0.3) is 0 Å². The maximum absolute atomic E-state index is 4.20. The summed E-state index contributed by atoms with van der Waals surface area (Å²) in [5, 5.41) is 0. The van der Waals surface area contributed by atoms with Crippen LogP contribution in [0.5, 0.6) is 0 Å². The molecule has 0 aromatic carbocycles. The maximum atomic E-state index is 4.20. The van der Waals surface area contributed by atoms with Gasteiger partial charge in [-0.2, -0.15) is 0 Å². The van der Waals surface area contributed by atoms with Gasteiger partial charge >= 0.3 is 0 Å². The standard InChI is InChI=1S/C13H23N/c1-7-11(3)12(4)9-10-13(12,5)14(6)8-2/h9-10H,3,7-8H2,1-2,4-6H3. The zero-order chi connectivity index (χ0) is 11.0. The van der Waals surface area contributed by atoms with Crippen molar-refractivity contribution >= 4 is 0 Å². The molecule has 0 fully saturated rings. The summed E-state index contributed by atoms with van der Waals surface area (Å²) in [6, 6.07) is 0. The molecular formula is C13H23N. The average molecular weight is 193 g/mol. The Morgan fingerprint density at radius 2 is 1.86 bits per heavy atom. The molecule has 0 bridgehead atoms. The van der Waals surface area contributed by atoms with E-state index in [9.17, 15) is 0 Å². The van der Waals surface area contributed by atoms with E-state index in [2.05, 4.69) is 58.4 Å². The zero-order valence-corrected chi connectivity index (χ0v) is 10.2. The van der Waals surface area contributed by atoms with Crippen LogP contribution in [0, 0.1) is 5.41 Å². The molecule has 0 spiro atoms. The predicted octanol–water partition coefficient (Wildman–Crippen LogP) is 3.24. The molecular weight excluding hydrogens is 170 g/mol. The van der Waals surface area contributed by atoms with Crippen molar-refractivity contribution in [3.8, 4) is 0 Å². The quantitative estimate of drug-likeness (QED) is 0.620. The van der Waals surface area contributed by atoms with Crippen molar-refractivity contribution in [2.45, 2.75) is 39.7 Å². The molecule has 0 heterocycles. The summed E-state index contributed by atoms with van der Waals surface area (Å²) < 4.78 is 0. The van der Waals surface area contributed by atoms with Crippen molar-refractivity contribution in [1.82, 2.24) is 4.90 Å². The van der Waals surface area contributed by atoms with Crippen LogP contribution in [0.4, 0.5) is 0 Å². The van der Waals surface area contributed by atoms with E-state index in [4.69, 9.17) is 0 Å².